The van der Waals surface area contributed by atoms with E-state index in [1.54, 1.807) is 13.2 Å². The Balaban J connectivity index is 1.92. The molecule has 1 aromatic rings. The van der Waals surface area contributed by atoms with Crippen molar-refractivity contribution in [2.45, 2.75) is 12.8 Å². The lowest BCUT2D eigenvalue weighted by atomic mass is 9.86. The standard InChI is InChI=1S/C19H15N3O/c1-23-14-6-8-15-13(12-14)5-7-16-17(9-10-20)22-11-3-2-4-18(22)21-19(15)16/h2-4,6,8-9,11-12H,5,7H2,1H3/b17-9+. The van der Waals surface area contributed by atoms with Crippen LogP contribution in [0.3, 0.4) is 0 Å². The van der Waals surface area contributed by atoms with Crippen molar-refractivity contribution in [2.24, 2.45) is 4.99 Å². The Bertz CT molecular complexity index is 878. The van der Waals surface area contributed by atoms with Crippen molar-refractivity contribution in [3.63, 3.8) is 0 Å². The molecule has 112 valence electrons. The monoisotopic (exact) mass is 301 g/mol. The number of ether oxygens (including phenoxy) is 1. The van der Waals surface area contributed by atoms with E-state index in [1.807, 2.05) is 35.4 Å². The van der Waals surface area contributed by atoms with Crippen molar-refractivity contribution in [3.05, 3.63) is 71.1 Å². The van der Waals surface area contributed by atoms with Gasteiger partial charge in [0.1, 0.15) is 11.6 Å². The highest BCUT2D eigenvalue weighted by atomic mass is 16.5. The Morgan fingerprint density at radius 1 is 1.30 bits per heavy atom. The van der Waals surface area contributed by atoms with Gasteiger partial charge in [0.05, 0.1) is 24.6 Å². The van der Waals surface area contributed by atoms with Crippen LogP contribution in [-0.4, -0.2) is 17.8 Å². The van der Waals surface area contributed by atoms with Crippen LogP contribution in [0, 0.1) is 11.3 Å². The fraction of sp³-hybridized carbons (Fsp3) is 0.158. The van der Waals surface area contributed by atoms with E-state index in [2.05, 4.69) is 18.2 Å². The minimum Gasteiger partial charge on any atom is -0.497 e. The van der Waals surface area contributed by atoms with Crippen LogP contribution < -0.4 is 4.74 Å². The number of fused-ring (bicyclic) bond motifs is 3. The Kier molecular flexibility index (Phi) is 3.13. The molecule has 0 atom stereocenters. The van der Waals surface area contributed by atoms with Crippen molar-refractivity contribution in [1.29, 1.82) is 5.26 Å². The number of aliphatic imine (C=N–C) groups is 1. The van der Waals surface area contributed by atoms with Gasteiger partial charge in [-0.3, -0.25) is 0 Å². The quantitative estimate of drug-likeness (QED) is 0.745. The van der Waals surface area contributed by atoms with Crippen LogP contribution in [-0.2, 0) is 6.42 Å². The number of nitriles is 1. The van der Waals surface area contributed by atoms with Crippen LogP contribution >= 0.6 is 0 Å². The Morgan fingerprint density at radius 2 is 2.22 bits per heavy atom. The van der Waals surface area contributed by atoms with Gasteiger partial charge in [-0.2, -0.15) is 5.26 Å². The van der Waals surface area contributed by atoms with Gasteiger partial charge < -0.3 is 9.64 Å². The topological polar surface area (TPSA) is 48.6 Å². The van der Waals surface area contributed by atoms with Crippen LogP contribution in [0.25, 0.3) is 5.70 Å². The lowest BCUT2D eigenvalue weighted by Crippen LogP contribution is -2.30. The molecule has 0 bridgehead atoms. The molecule has 0 fully saturated rings. The molecule has 4 nitrogen and oxygen atoms in total. The summed E-state index contributed by atoms with van der Waals surface area (Å²) in [4.78, 5) is 6.83. The fourth-order valence-corrected chi connectivity index (χ4v) is 3.26. The third kappa shape index (κ3) is 2.09. The Labute approximate surface area is 135 Å². The van der Waals surface area contributed by atoms with E-state index in [9.17, 15) is 5.26 Å². The highest BCUT2D eigenvalue weighted by Crippen LogP contribution is 2.41. The molecule has 0 saturated carbocycles. The summed E-state index contributed by atoms with van der Waals surface area (Å²) in [5, 5.41) is 9.19. The molecule has 0 unspecified atom stereocenters. The van der Waals surface area contributed by atoms with Crippen LogP contribution in [0.5, 0.6) is 5.75 Å². The minimum atomic E-state index is 0.844. The predicted octanol–water partition coefficient (Wildman–Crippen LogP) is 3.56. The van der Waals surface area contributed by atoms with Crippen molar-refractivity contribution in [1.82, 2.24) is 4.90 Å². The summed E-state index contributed by atoms with van der Waals surface area (Å²) in [6, 6.07) is 8.28. The predicted molar refractivity (Wildman–Crippen MR) is 89.5 cm³/mol. The second kappa shape index (κ2) is 5.29. The second-order valence-corrected chi connectivity index (χ2v) is 5.55. The first kappa shape index (κ1) is 13.6. The molecule has 1 aromatic carbocycles. The molecule has 0 radical (unpaired) electrons. The van der Waals surface area contributed by atoms with Gasteiger partial charge in [-0.1, -0.05) is 6.08 Å². The zero-order chi connectivity index (χ0) is 15.8. The van der Waals surface area contributed by atoms with Gasteiger partial charge in [-0.15, -0.1) is 0 Å². The van der Waals surface area contributed by atoms with Gasteiger partial charge in [0.15, 0.2) is 0 Å². The van der Waals surface area contributed by atoms with E-state index >= 15 is 0 Å². The third-order valence-electron chi connectivity index (χ3n) is 4.33. The number of nitrogens with zero attached hydrogens (tertiary/aromatic N) is 3. The smallest absolute Gasteiger partial charge is 0.137 e. The van der Waals surface area contributed by atoms with Crippen LogP contribution in [0.1, 0.15) is 17.5 Å². The van der Waals surface area contributed by atoms with Crippen molar-refractivity contribution in [2.75, 3.05) is 7.11 Å². The molecule has 2 heterocycles. The molecular formula is C19H15N3O. The molecule has 3 aliphatic rings. The SMILES string of the molecule is COc1ccc2c(c1)CCC1=C2N=C2C=CC=CN2/C1=C/C#N. The van der Waals surface area contributed by atoms with Gasteiger partial charge in [0.2, 0.25) is 0 Å². The number of hydrogen-bond donors (Lipinski definition) is 0. The highest BCUT2D eigenvalue weighted by Gasteiger charge is 2.29. The molecule has 4 heteroatoms. The first-order valence-corrected chi connectivity index (χ1v) is 7.55. The highest BCUT2D eigenvalue weighted by molar-refractivity contribution is 6.03. The van der Waals surface area contributed by atoms with Crippen molar-refractivity contribution in [3.8, 4) is 11.8 Å². The first-order valence-electron chi connectivity index (χ1n) is 7.55. The number of methoxy groups -OCH3 is 1. The molecule has 2 aliphatic heterocycles. The number of benzene rings is 1. The summed E-state index contributed by atoms with van der Waals surface area (Å²) in [7, 11) is 1.68. The number of aryl methyl sites for hydroxylation is 1. The van der Waals surface area contributed by atoms with Gasteiger partial charge in [-0.05, 0) is 48.8 Å². The first-order chi connectivity index (χ1) is 11.3. The lowest BCUT2D eigenvalue weighted by Gasteiger charge is -2.34. The van der Waals surface area contributed by atoms with E-state index in [0.29, 0.717) is 0 Å². The van der Waals surface area contributed by atoms with E-state index in [1.165, 1.54) is 5.56 Å². The Morgan fingerprint density at radius 3 is 3.04 bits per heavy atom. The summed E-state index contributed by atoms with van der Waals surface area (Å²) < 4.78 is 5.33. The van der Waals surface area contributed by atoms with E-state index in [4.69, 9.17) is 9.73 Å². The number of amidine groups is 1. The van der Waals surface area contributed by atoms with E-state index in [-0.39, 0.29) is 0 Å². The normalized spacial score (nSPS) is 19.7. The van der Waals surface area contributed by atoms with E-state index in [0.717, 1.165) is 47.0 Å². The third-order valence-corrected chi connectivity index (χ3v) is 4.33. The molecule has 0 saturated heterocycles. The molecule has 23 heavy (non-hydrogen) atoms. The Hall–Kier alpha value is -3.06. The second-order valence-electron chi connectivity index (χ2n) is 5.55. The molecule has 1 aliphatic carbocycles. The molecule has 0 amide bonds. The summed E-state index contributed by atoms with van der Waals surface area (Å²) in [6.07, 6.45) is 11.2. The summed E-state index contributed by atoms with van der Waals surface area (Å²) in [5.41, 5.74) is 5.41. The maximum atomic E-state index is 9.19. The largest absolute Gasteiger partial charge is 0.497 e. The number of hydrogen-bond acceptors (Lipinski definition) is 4. The maximum absolute atomic E-state index is 9.19. The lowest BCUT2D eigenvalue weighted by molar-refractivity contribution is 0.414. The summed E-state index contributed by atoms with van der Waals surface area (Å²) >= 11 is 0. The molecule has 0 N–H and O–H groups in total. The maximum Gasteiger partial charge on any atom is 0.137 e. The molecular weight excluding hydrogens is 286 g/mol. The fourth-order valence-electron chi connectivity index (χ4n) is 3.26. The average molecular weight is 301 g/mol. The van der Waals surface area contributed by atoms with Gasteiger partial charge in [0, 0.05) is 23.4 Å². The van der Waals surface area contributed by atoms with Crippen LogP contribution in [0.15, 0.2) is 65.0 Å². The van der Waals surface area contributed by atoms with Crippen LogP contribution in [0.4, 0.5) is 0 Å². The van der Waals surface area contributed by atoms with Gasteiger partial charge >= 0.3 is 0 Å². The summed E-state index contributed by atoms with van der Waals surface area (Å²) in [6.45, 7) is 0. The number of rotatable bonds is 1. The minimum absolute atomic E-state index is 0.844. The van der Waals surface area contributed by atoms with Crippen molar-refractivity contribution >= 4 is 11.5 Å². The van der Waals surface area contributed by atoms with Crippen molar-refractivity contribution < 1.29 is 4.74 Å². The van der Waals surface area contributed by atoms with Gasteiger partial charge in [-0.25, -0.2) is 4.99 Å². The molecule has 0 aromatic heterocycles. The zero-order valence-electron chi connectivity index (χ0n) is 12.8. The number of allylic oxidation sites excluding steroid dienone is 4. The van der Waals surface area contributed by atoms with Crippen LogP contribution in [0.2, 0.25) is 0 Å². The summed E-state index contributed by atoms with van der Waals surface area (Å²) in [5.74, 6) is 1.71. The average Bonchev–Trinajstić information content (AvgIpc) is 2.61. The molecule has 0 spiro atoms. The zero-order valence-corrected chi connectivity index (χ0v) is 12.8. The van der Waals surface area contributed by atoms with Gasteiger partial charge in [0.25, 0.3) is 0 Å². The molecule has 4 rings (SSSR count). The van der Waals surface area contributed by atoms with E-state index < -0.39 is 0 Å².